The number of carbonyl (C=O) groups is 2. The van der Waals surface area contributed by atoms with Gasteiger partial charge in [-0.15, -0.1) is 0 Å². The summed E-state index contributed by atoms with van der Waals surface area (Å²) in [6.07, 6.45) is 3.71. The van der Waals surface area contributed by atoms with Crippen LogP contribution < -0.4 is 5.32 Å². The zero-order valence-electron chi connectivity index (χ0n) is 10.8. The Bertz CT molecular complexity index is 406. The van der Waals surface area contributed by atoms with E-state index in [-0.39, 0.29) is 23.4 Å². The third-order valence-corrected chi connectivity index (χ3v) is 3.60. The van der Waals surface area contributed by atoms with E-state index in [2.05, 4.69) is 5.32 Å². The molecule has 1 amide bonds. The molecule has 0 saturated heterocycles. The maximum Gasteiger partial charge on any atom is 0.369 e. The molecule has 0 aliphatic carbocycles. The number of hydrogen-bond donors (Lipinski definition) is 1. The van der Waals surface area contributed by atoms with Crippen LogP contribution in [0.1, 0.15) is 6.92 Å². The zero-order chi connectivity index (χ0) is 13.5. The molecule has 1 aromatic carbocycles. The Labute approximate surface area is 110 Å². The van der Waals surface area contributed by atoms with E-state index in [9.17, 15) is 9.59 Å². The van der Waals surface area contributed by atoms with Crippen molar-refractivity contribution in [1.29, 1.82) is 0 Å². The maximum absolute atomic E-state index is 12.1. The van der Waals surface area contributed by atoms with Gasteiger partial charge in [0, 0.05) is 16.6 Å². The van der Waals surface area contributed by atoms with Crippen molar-refractivity contribution in [2.75, 3.05) is 24.4 Å². The lowest BCUT2D eigenvalue weighted by Gasteiger charge is -2.12. The van der Waals surface area contributed by atoms with Crippen LogP contribution in [0.3, 0.4) is 0 Å². The van der Waals surface area contributed by atoms with Crippen LogP contribution in [0.5, 0.6) is 0 Å². The first-order chi connectivity index (χ1) is 8.56. The molecule has 0 aliphatic heterocycles. The van der Waals surface area contributed by atoms with E-state index < -0.39 is 11.2 Å². The Balaban J connectivity index is 2.75. The third-order valence-electron chi connectivity index (χ3n) is 2.25. The Morgan fingerprint density at radius 2 is 1.89 bits per heavy atom. The van der Waals surface area contributed by atoms with E-state index in [0.717, 1.165) is 0 Å². The number of nitrogens with one attached hydrogen (secondary N) is 1. The van der Waals surface area contributed by atoms with Crippen LogP contribution in [-0.4, -0.2) is 36.2 Å². The van der Waals surface area contributed by atoms with Gasteiger partial charge in [0.15, 0.2) is 0 Å². The number of anilines is 1. The van der Waals surface area contributed by atoms with Gasteiger partial charge < -0.3 is 10.1 Å². The first-order valence-electron chi connectivity index (χ1n) is 5.65. The van der Waals surface area contributed by atoms with Crippen molar-refractivity contribution in [2.24, 2.45) is 0 Å². The van der Waals surface area contributed by atoms with Gasteiger partial charge in [-0.3, -0.25) is 4.79 Å². The van der Waals surface area contributed by atoms with E-state index >= 15 is 0 Å². The number of amides is 1. The van der Waals surface area contributed by atoms with E-state index in [4.69, 9.17) is 4.74 Å². The molecule has 0 aromatic heterocycles. The minimum absolute atomic E-state index is 0.283. The minimum atomic E-state index is -0.745. The SMILES string of the molecule is CCOC(=O)[C@@H](C(=O)Nc1ccccc1)[S+](C)C. The smallest absolute Gasteiger partial charge is 0.369 e. The van der Waals surface area contributed by atoms with Crippen molar-refractivity contribution in [3.05, 3.63) is 30.3 Å². The van der Waals surface area contributed by atoms with E-state index in [1.54, 1.807) is 19.1 Å². The summed E-state index contributed by atoms with van der Waals surface area (Å²) in [4.78, 5) is 23.8. The summed E-state index contributed by atoms with van der Waals surface area (Å²) in [6, 6.07) is 9.08. The fourth-order valence-electron chi connectivity index (χ4n) is 1.46. The van der Waals surface area contributed by atoms with Gasteiger partial charge in [0.05, 0.1) is 19.1 Å². The number of para-hydroxylation sites is 1. The van der Waals surface area contributed by atoms with Gasteiger partial charge in [-0.05, 0) is 19.1 Å². The van der Waals surface area contributed by atoms with Crippen LogP contribution in [-0.2, 0) is 25.2 Å². The molecule has 0 fully saturated rings. The summed E-state index contributed by atoms with van der Waals surface area (Å²) >= 11 is 0. The molecule has 1 atom stereocenters. The van der Waals surface area contributed by atoms with E-state index in [1.165, 1.54) is 0 Å². The molecule has 0 heterocycles. The Morgan fingerprint density at radius 3 is 2.39 bits per heavy atom. The van der Waals surface area contributed by atoms with Crippen LogP contribution >= 0.6 is 0 Å². The topological polar surface area (TPSA) is 55.4 Å². The molecule has 0 radical (unpaired) electrons. The van der Waals surface area contributed by atoms with Gasteiger partial charge in [-0.25, -0.2) is 4.79 Å². The van der Waals surface area contributed by atoms with Crippen LogP contribution in [0.2, 0.25) is 0 Å². The normalized spacial score (nSPS) is 12.0. The van der Waals surface area contributed by atoms with Crippen LogP contribution in [0.4, 0.5) is 5.69 Å². The van der Waals surface area contributed by atoms with Crippen molar-refractivity contribution in [2.45, 2.75) is 12.2 Å². The van der Waals surface area contributed by atoms with Gasteiger partial charge in [-0.1, -0.05) is 18.2 Å². The molecule has 4 nitrogen and oxygen atoms in total. The fraction of sp³-hybridized carbons (Fsp3) is 0.385. The average molecular weight is 268 g/mol. The van der Waals surface area contributed by atoms with Gasteiger partial charge in [-0.2, -0.15) is 0 Å². The Hall–Kier alpha value is -1.49. The summed E-state index contributed by atoms with van der Waals surface area (Å²) in [6.45, 7) is 2.01. The van der Waals surface area contributed by atoms with Crippen LogP contribution in [0, 0.1) is 0 Å². The minimum Gasteiger partial charge on any atom is -0.462 e. The highest BCUT2D eigenvalue weighted by Gasteiger charge is 2.39. The van der Waals surface area contributed by atoms with Crippen molar-refractivity contribution in [3.63, 3.8) is 0 Å². The number of hydrogen-bond acceptors (Lipinski definition) is 3. The van der Waals surface area contributed by atoms with Crippen LogP contribution in [0.25, 0.3) is 0 Å². The zero-order valence-corrected chi connectivity index (χ0v) is 11.6. The monoisotopic (exact) mass is 268 g/mol. The standard InChI is InChI=1S/C13H17NO3S/c1-4-17-13(16)11(18(2)3)12(15)14-10-8-6-5-7-9-10/h5-9,11H,4H2,1-3H3/p+1/t11-/m1/s1. The second kappa shape index (κ2) is 7.06. The van der Waals surface area contributed by atoms with Gasteiger partial charge in [0.1, 0.15) is 0 Å². The lowest BCUT2D eigenvalue weighted by molar-refractivity contribution is -0.144. The number of benzene rings is 1. The molecule has 1 N–H and O–H groups in total. The molecular weight excluding hydrogens is 250 g/mol. The Morgan fingerprint density at radius 1 is 1.28 bits per heavy atom. The average Bonchev–Trinajstić information content (AvgIpc) is 2.30. The largest absolute Gasteiger partial charge is 0.462 e. The predicted octanol–water partition coefficient (Wildman–Crippen LogP) is 1.43. The van der Waals surface area contributed by atoms with Gasteiger partial charge in [0.2, 0.25) is 0 Å². The number of rotatable bonds is 5. The van der Waals surface area contributed by atoms with E-state index in [0.29, 0.717) is 5.69 Å². The molecule has 1 rings (SSSR count). The maximum atomic E-state index is 12.1. The molecule has 0 spiro atoms. The lowest BCUT2D eigenvalue weighted by atomic mass is 10.3. The first-order valence-corrected chi connectivity index (χ1v) is 7.75. The summed E-state index contributed by atoms with van der Waals surface area (Å²) < 4.78 is 4.93. The van der Waals surface area contributed by atoms with E-state index in [1.807, 2.05) is 30.7 Å². The quantitative estimate of drug-likeness (QED) is 0.499. The van der Waals surface area contributed by atoms with Crippen molar-refractivity contribution in [3.8, 4) is 0 Å². The molecular formula is C13H18NO3S+. The van der Waals surface area contributed by atoms with Crippen LogP contribution in [0.15, 0.2) is 30.3 Å². The lowest BCUT2D eigenvalue weighted by Crippen LogP contribution is -2.41. The molecule has 5 heteroatoms. The molecule has 0 aliphatic rings. The molecule has 0 bridgehead atoms. The molecule has 98 valence electrons. The van der Waals surface area contributed by atoms with Crippen molar-refractivity contribution >= 4 is 28.5 Å². The number of ether oxygens (including phenoxy) is 1. The molecule has 1 aromatic rings. The highest BCUT2D eigenvalue weighted by molar-refractivity contribution is 7.97. The number of carbonyl (C=O) groups excluding carboxylic acids is 2. The predicted molar refractivity (Wildman–Crippen MR) is 74.7 cm³/mol. The second-order valence-electron chi connectivity index (χ2n) is 3.87. The summed E-state index contributed by atoms with van der Waals surface area (Å²) in [5, 5.41) is 1.98. The molecule has 0 saturated carbocycles. The molecule has 18 heavy (non-hydrogen) atoms. The second-order valence-corrected chi connectivity index (χ2v) is 6.10. The van der Waals surface area contributed by atoms with Gasteiger partial charge >= 0.3 is 5.97 Å². The van der Waals surface area contributed by atoms with Crippen molar-refractivity contribution in [1.82, 2.24) is 0 Å². The molecule has 0 unspecified atom stereocenters. The highest BCUT2D eigenvalue weighted by Crippen LogP contribution is 2.10. The summed E-state index contributed by atoms with van der Waals surface area (Å²) in [5.74, 6) is -0.771. The Kier molecular flexibility index (Phi) is 5.71. The third kappa shape index (κ3) is 4.07. The highest BCUT2D eigenvalue weighted by atomic mass is 32.2. The summed E-state index contributed by atoms with van der Waals surface area (Å²) in [7, 11) is -0.375. The fourth-order valence-corrected chi connectivity index (χ4v) is 2.40. The van der Waals surface area contributed by atoms with Crippen molar-refractivity contribution < 1.29 is 14.3 Å². The van der Waals surface area contributed by atoms with Gasteiger partial charge in [0.25, 0.3) is 11.2 Å². The number of esters is 1. The first kappa shape index (κ1) is 14.6. The summed E-state index contributed by atoms with van der Waals surface area (Å²) in [5.41, 5.74) is 0.683.